The van der Waals surface area contributed by atoms with Crippen LogP contribution in [0, 0.1) is 0 Å². The molecule has 22 heteroatoms. The highest BCUT2D eigenvalue weighted by atomic mass is 35.5. The van der Waals surface area contributed by atoms with E-state index >= 15 is 0 Å². The van der Waals surface area contributed by atoms with E-state index < -0.39 is 0 Å². The second kappa shape index (κ2) is 39.6. The minimum Gasteiger partial charge on any atom is -0.482 e. The summed E-state index contributed by atoms with van der Waals surface area (Å²) in [5.74, 6) is 3.20. The summed E-state index contributed by atoms with van der Waals surface area (Å²) < 4.78 is 16.7. The van der Waals surface area contributed by atoms with Crippen LogP contribution in [-0.4, -0.2) is 168 Å². The molecule has 3 saturated heterocycles. The summed E-state index contributed by atoms with van der Waals surface area (Å²) in [6.45, 7) is 11.9. The summed E-state index contributed by atoms with van der Waals surface area (Å²) in [7, 11) is 0. The molecule has 112 heavy (non-hydrogen) atoms. The number of carbonyl (C=O) groups excluding carboxylic acids is 6. The molecule has 0 unspecified atom stereocenters. The van der Waals surface area contributed by atoms with E-state index in [0.29, 0.717) is 84.9 Å². The first-order valence-electron chi connectivity index (χ1n) is 38.9. The van der Waals surface area contributed by atoms with E-state index in [1.54, 1.807) is 6.07 Å². The first-order valence-corrected chi connectivity index (χ1v) is 40.5. The Labute approximate surface area is 676 Å². The van der Waals surface area contributed by atoms with Gasteiger partial charge in [0.2, 0.25) is 0 Å². The zero-order chi connectivity index (χ0) is 77.7. The average Bonchev–Trinajstić information content (AvgIpc) is 0.821. The van der Waals surface area contributed by atoms with Crippen LogP contribution in [0.4, 0.5) is 17.1 Å². The maximum absolute atomic E-state index is 13.1. The second-order valence-electron chi connectivity index (χ2n) is 29.0. The third-order valence-corrected chi connectivity index (χ3v) is 23.2. The van der Waals surface area contributed by atoms with Crippen molar-refractivity contribution in [2.24, 2.45) is 0 Å². The highest BCUT2D eigenvalue weighted by Gasteiger charge is 2.33. The third-order valence-electron chi connectivity index (χ3n) is 22.0. The van der Waals surface area contributed by atoms with Crippen LogP contribution < -0.4 is 44.9 Å². The van der Waals surface area contributed by atoms with Crippen LogP contribution in [0.2, 0.25) is 20.1 Å². The Morgan fingerprint density at radius 1 is 0.339 bits per heavy atom. The molecule has 18 nitrogen and oxygen atoms in total. The third kappa shape index (κ3) is 21.1. The highest BCUT2D eigenvalue weighted by Crippen LogP contribution is 2.38. The van der Waals surface area contributed by atoms with E-state index in [0.717, 1.165) is 193 Å². The van der Waals surface area contributed by atoms with Crippen molar-refractivity contribution in [2.45, 2.75) is 75.5 Å². The molecule has 6 amide bonds. The van der Waals surface area contributed by atoms with Gasteiger partial charge in [0.1, 0.15) is 17.2 Å². The molecule has 0 bridgehead atoms. The van der Waals surface area contributed by atoms with Crippen molar-refractivity contribution in [2.75, 3.05) is 133 Å². The molecule has 9 aromatic carbocycles. The molecule has 3 fully saturated rings. The van der Waals surface area contributed by atoms with Gasteiger partial charge in [-0.25, -0.2) is 0 Å². The predicted octanol–water partition coefficient (Wildman–Crippen LogP) is 15.4. The normalized spacial score (nSPS) is 16.2. The maximum atomic E-state index is 13.1. The fourth-order valence-electron chi connectivity index (χ4n) is 15.8. The molecule has 0 radical (unpaired) electrons. The number of nitrogens with zero attached hydrogens (tertiary/aromatic N) is 6. The second-order valence-corrected chi connectivity index (χ2v) is 30.7. The Morgan fingerprint density at radius 2 is 0.661 bits per heavy atom. The summed E-state index contributed by atoms with van der Waals surface area (Å²) in [6, 6.07) is 67.9. The summed E-state index contributed by atoms with van der Waals surface area (Å²) in [6.07, 6.45) is 7.98. The molecule has 3 N–H and O–H groups in total. The van der Waals surface area contributed by atoms with E-state index in [1.807, 2.05) is 203 Å². The van der Waals surface area contributed by atoms with E-state index in [9.17, 15) is 28.8 Å². The van der Waals surface area contributed by atoms with Crippen molar-refractivity contribution < 1.29 is 43.0 Å². The van der Waals surface area contributed by atoms with Crippen LogP contribution in [0.15, 0.2) is 212 Å². The summed E-state index contributed by atoms with van der Waals surface area (Å²) >= 11 is 24.5. The quantitative estimate of drug-likeness (QED) is 0.0521. The topological polar surface area (TPSA) is 186 Å². The van der Waals surface area contributed by atoms with Crippen molar-refractivity contribution in [1.82, 2.24) is 30.7 Å². The van der Waals surface area contributed by atoms with E-state index in [-0.39, 0.29) is 55.3 Å². The number of fused-ring (bicyclic) bond motifs is 3. The van der Waals surface area contributed by atoms with Gasteiger partial charge in [-0.2, -0.15) is 0 Å². The number of piperidine rings is 3. The van der Waals surface area contributed by atoms with Crippen LogP contribution in [0.3, 0.4) is 0 Å². The molecule has 15 rings (SSSR count). The van der Waals surface area contributed by atoms with Crippen LogP contribution in [0.25, 0.3) is 0 Å². The van der Waals surface area contributed by atoms with Crippen molar-refractivity contribution in [3.63, 3.8) is 0 Å². The van der Waals surface area contributed by atoms with Crippen molar-refractivity contribution in [3.05, 3.63) is 282 Å². The molecule has 6 aliphatic heterocycles. The lowest BCUT2D eigenvalue weighted by atomic mass is 9.86. The average molecular weight is 1590 g/mol. The van der Waals surface area contributed by atoms with Gasteiger partial charge in [0, 0.05) is 95.7 Å². The molecule has 9 aromatic rings. The Balaban J connectivity index is 0.000000147. The monoisotopic (exact) mass is 1590 g/mol. The van der Waals surface area contributed by atoms with Gasteiger partial charge in [-0.15, -0.1) is 0 Å². The van der Waals surface area contributed by atoms with Gasteiger partial charge in [-0.05, 0) is 233 Å². The van der Waals surface area contributed by atoms with Crippen molar-refractivity contribution >= 4 is 98.9 Å². The largest absolute Gasteiger partial charge is 0.482 e. The number of para-hydroxylation sites is 6. The van der Waals surface area contributed by atoms with Gasteiger partial charge in [-0.1, -0.05) is 174 Å². The van der Waals surface area contributed by atoms with Crippen molar-refractivity contribution in [1.29, 1.82) is 0 Å². The molecule has 6 aliphatic rings. The molecule has 0 atom stereocenters. The summed E-state index contributed by atoms with van der Waals surface area (Å²) in [5, 5.41) is 11.9. The number of carbonyl (C=O) groups is 6. The SMILES string of the molecule is O=C(NCCc1ccc(Cl)cc1)c1ccccc1C1CCN(CCN2C(=O)COc3ccccc32)CC1.O=C(NCCc1ccc(Cl)cc1Cl)c1ccccc1C1CCN(CCN2C(=O)COc3ccccc32)CC1.O=C(NCCc1ccccc1Cl)c1ccccc1C1CCN(CCN2C(=O)COc3ccccc32)CC1. The lowest BCUT2D eigenvalue weighted by molar-refractivity contribution is -0.122. The van der Waals surface area contributed by atoms with Gasteiger partial charge >= 0.3 is 0 Å². The van der Waals surface area contributed by atoms with E-state index in [4.69, 9.17) is 60.6 Å². The van der Waals surface area contributed by atoms with Gasteiger partial charge in [0.15, 0.2) is 19.8 Å². The maximum Gasteiger partial charge on any atom is 0.265 e. The number of hydrogen-bond donors (Lipinski definition) is 3. The summed E-state index contributed by atoms with van der Waals surface area (Å²) in [5.41, 5.74) is 11.3. The molecule has 0 aliphatic carbocycles. The predicted molar refractivity (Wildman–Crippen MR) is 445 cm³/mol. The van der Waals surface area contributed by atoms with Crippen LogP contribution in [0.1, 0.15) is 121 Å². The molecular weight excluding hydrogens is 1490 g/mol. The summed E-state index contributed by atoms with van der Waals surface area (Å²) in [4.78, 5) is 89.4. The van der Waals surface area contributed by atoms with Crippen molar-refractivity contribution in [3.8, 4) is 17.2 Å². The molecule has 0 saturated carbocycles. The molecule has 0 aromatic heterocycles. The van der Waals surface area contributed by atoms with Gasteiger partial charge in [0.25, 0.3) is 35.4 Å². The zero-order valence-electron chi connectivity index (χ0n) is 62.9. The van der Waals surface area contributed by atoms with Gasteiger partial charge in [-0.3, -0.25) is 28.8 Å². The number of halogens is 4. The molecular formula is C90H95Cl4N9O9. The molecule has 6 heterocycles. The Hall–Kier alpha value is -9.76. The standard InChI is InChI=1S/C30H31Cl2N3O3.2C30H32ClN3O3/c31-23-10-9-22(26(32)19-23)11-14-33-30(37)25-6-2-1-5-24(25)21-12-15-34(16-13-21)17-18-35-27-7-3-4-8-28(27)38-20-29(35)36;31-26-10-4-1-7-23(26)13-16-32-30(36)25-9-3-2-8-24(25)22-14-17-33(18-15-22)19-20-34-27-11-5-6-12-28(27)37-21-29(34)35;31-24-11-9-22(10-12-24)13-16-32-30(36)26-6-2-1-5-25(26)23-14-17-33(18-15-23)19-20-34-27-7-3-4-8-28(27)37-21-29(34)35/h1-10,19,21H,11-18,20H2,(H,33,37);1-12,22H,13-21H2,(H,32,36);1-12,23H,13-21H2,(H,32,36). The lowest BCUT2D eigenvalue weighted by Crippen LogP contribution is -2.45. The minimum atomic E-state index is -0.0578. The lowest BCUT2D eigenvalue weighted by Gasteiger charge is -2.35. The van der Waals surface area contributed by atoms with Gasteiger partial charge < -0.3 is 59.6 Å². The van der Waals surface area contributed by atoms with Crippen LogP contribution in [-0.2, 0) is 33.6 Å². The fraction of sp³-hybridized carbons (Fsp3) is 0.333. The van der Waals surface area contributed by atoms with E-state index in [1.165, 1.54) is 0 Å². The zero-order valence-corrected chi connectivity index (χ0v) is 65.9. The fourth-order valence-corrected chi connectivity index (χ4v) is 16.7. The Morgan fingerprint density at radius 3 is 1.04 bits per heavy atom. The van der Waals surface area contributed by atoms with Gasteiger partial charge in [0.05, 0.1) is 17.1 Å². The number of hydrogen-bond acceptors (Lipinski definition) is 12. The number of rotatable bonds is 24. The first kappa shape index (κ1) is 80.3. The van der Waals surface area contributed by atoms with E-state index in [2.05, 4.69) is 48.8 Å². The molecule has 582 valence electrons. The number of likely N-dealkylation sites (tertiary alicyclic amines) is 3. The van der Waals surface area contributed by atoms with Crippen LogP contribution >= 0.6 is 46.4 Å². The Bertz CT molecular complexity index is 4740. The highest BCUT2D eigenvalue weighted by molar-refractivity contribution is 6.35. The Kier molecular flexibility index (Phi) is 28.4. The van der Waals surface area contributed by atoms with Crippen LogP contribution in [0.5, 0.6) is 17.2 Å². The smallest absolute Gasteiger partial charge is 0.265 e. The number of amides is 6. The number of ether oxygens (including phenoxy) is 3. The first-order chi connectivity index (χ1) is 54.7. The number of anilines is 3. The minimum absolute atomic E-state index is 0.00283. The number of nitrogens with one attached hydrogen (secondary N) is 3. The number of benzene rings is 9. The molecule has 0 spiro atoms.